The third-order valence-corrected chi connectivity index (χ3v) is 5.36. The minimum absolute atomic E-state index is 0.0693. The van der Waals surface area contributed by atoms with Crippen molar-refractivity contribution in [2.24, 2.45) is 5.41 Å². The molecule has 1 aromatic carbocycles. The number of rotatable bonds is 5. The molecule has 0 saturated carbocycles. The molecule has 1 aliphatic carbocycles. The molecule has 2 N–H and O–H groups in total. The van der Waals surface area contributed by atoms with Crippen molar-refractivity contribution in [3.63, 3.8) is 0 Å². The van der Waals surface area contributed by atoms with Gasteiger partial charge in [0.1, 0.15) is 0 Å². The van der Waals surface area contributed by atoms with Gasteiger partial charge in [-0.05, 0) is 48.9 Å². The van der Waals surface area contributed by atoms with Crippen LogP contribution in [0, 0.1) is 5.41 Å². The molecule has 0 unspecified atom stereocenters. The number of hydrogen-bond donors (Lipinski definition) is 2. The van der Waals surface area contributed by atoms with E-state index in [0.29, 0.717) is 11.1 Å². The van der Waals surface area contributed by atoms with Crippen LogP contribution in [-0.4, -0.2) is 31.5 Å². The summed E-state index contributed by atoms with van der Waals surface area (Å²) in [6.45, 7) is 2.60. The highest BCUT2D eigenvalue weighted by molar-refractivity contribution is 6.35. The maximum Gasteiger partial charge on any atom is 0.0536 e. The number of aliphatic hydroxyl groups excluding tert-OH is 1. The summed E-state index contributed by atoms with van der Waals surface area (Å²) in [6.07, 6.45) is 3.84. The molecule has 1 aromatic rings. The van der Waals surface area contributed by atoms with Crippen LogP contribution in [0.25, 0.3) is 0 Å². The standard InChI is InChI=1S/C16H21Cl2NO2/c17-11-7-13-12(14(18)8-11)1-2-15(13)19-9-16(3-5-20)4-6-21-10-16/h7-8,15,19-20H,1-6,9-10H2/t15-,16-/m1/s1. The van der Waals surface area contributed by atoms with Gasteiger partial charge in [-0.25, -0.2) is 0 Å². The Morgan fingerprint density at radius 1 is 1.38 bits per heavy atom. The molecule has 0 radical (unpaired) electrons. The van der Waals surface area contributed by atoms with E-state index < -0.39 is 0 Å². The second kappa shape index (κ2) is 6.43. The quantitative estimate of drug-likeness (QED) is 0.870. The van der Waals surface area contributed by atoms with Crippen molar-refractivity contribution in [1.82, 2.24) is 5.32 Å². The van der Waals surface area contributed by atoms with E-state index in [4.69, 9.17) is 27.9 Å². The van der Waals surface area contributed by atoms with Crippen LogP contribution >= 0.6 is 23.2 Å². The lowest BCUT2D eigenvalue weighted by Gasteiger charge is -2.29. The maximum atomic E-state index is 9.30. The van der Waals surface area contributed by atoms with Gasteiger partial charge in [-0.2, -0.15) is 0 Å². The SMILES string of the molecule is OCC[C@]1(CN[C@@H]2CCc3c(Cl)cc(Cl)cc32)CCOC1. The zero-order chi connectivity index (χ0) is 14.9. The Labute approximate surface area is 135 Å². The fourth-order valence-electron chi connectivity index (χ4n) is 3.51. The van der Waals surface area contributed by atoms with Crippen LogP contribution < -0.4 is 5.32 Å². The number of fused-ring (bicyclic) bond motifs is 1. The number of ether oxygens (including phenoxy) is 1. The molecule has 1 saturated heterocycles. The summed E-state index contributed by atoms with van der Waals surface area (Å²) in [5, 5.41) is 14.4. The molecule has 2 atom stereocenters. The van der Waals surface area contributed by atoms with Crippen molar-refractivity contribution < 1.29 is 9.84 Å². The van der Waals surface area contributed by atoms with E-state index in [0.717, 1.165) is 50.5 Å². The van der Waals surface area contributed by atoms with Crippen LogP contribution in [0.2, 0.25) is 10.0 Å². The molecular weight excluding hydrogens is 309 g/mol. The lowest BCUT2D eigenvalue weighted by molar-refractivity contribution is 0.122. The van der Waals surface area contributed by atoms with Crippen LogP contribution in [0.4, 0.5) is 0 Å². The molecule has 3 nitrogen and oxygen atoms in total. The van der Waals surface area contributed by atoms with Crippen molar-refractivity contribution in [2.45, 2.75) is 31.7 Å². The number of nitrogens with one attached hydrogen (secondary N) is 1. The molecule has 3 rings (SSSR count). The van der Waals surface area contributed by atoms with Crippen LogP contribution in [0.15, 0.2) is 12.1 Å². The van der Waals surface area contributed by atoms with E-state index in [1.807, 2.05) is 12.1 Å². The highest BCUT2D eigenvalue weighted by atomic mass is 35.5. The third kappa shape index (κ3) is 3.22. The van der Waals surface area contributed by atoms with Gasteiger partial charge in [0, 0.05) is 41.3 Å². The summed E-state index contributed by atoms with van der Waals surface area (Å²) in [7, 11) is 0. The second-order valence-electron chi connectivity index (χ2n) is 6.20. The van der Waals surface area contributed by atoms with Gasteiger partial charge >= 0.3 is 0 Å². The van der Waals surface area contributed by atoms with Gasteiger partial charge in [0.2, 0.25) is 0 Å². The molecule has 0 bridgehead atoms. The van der Waals surface area contributed by atoms with Crippen molar-refractivity contribution >= 4 is 23.2 Å². The third-order valence-electron chi connectivity index (χ3n) is 4.80. The van der Waals surface area contributed by atoms with Gasteiger partial charge in [-0.15, -0.1) is 0 Å². The summed E-state index contributed by atoms with van der Waals surface area (Å²) in [5.41, 5.74) is 2.52. The topological polar surface area (TPSA) is 41.5 Å². The van der Waals surface area contributed by atoms with Crippen LogP contribution in [0.3, 0.4) is 0 Å². The minimum Gasteiger partial charge on any atom is -0.396 e. The fraction of sp³-hybridized carbons (Fsp3) is 0.625. The molecule has 1 heterocycles. The molecule has 0 spiro atoms. The Hall–Kier alpha value is -0.320. The van der Waals surface area contributed by atoms with E-state index in [1.165, 1.54) is 11.1 Å². The summed E-state index contributed by atoms with van der Waals surface area (Å²) >= 11 is 12.4. The van der Waals surface area contributed by atoms with E-state index in [9.17, 15) is 5.11 Å². The minimum atomic E-state index is 0.0693. The van der Waals surface area contributed by atoms with Crippen molar-refractivity contribution in [1.29, 1.82) is 0 Å². The van der Waals surface area contributed by atoms with Crippen molar-refractivity contribution in [3.05, 3.63) is 33.3 Å². The Morgan fingerprint density at radius 3 is 2.95 bits per heavy atom. The first-order chi connectivity index (χ1) is 10.1. The van der Waals surface area contributed by atoms with Crippen LogP contribution in [0.5, 0.6) is 0 Å². The molecule has 0 amide bonds. The summed E-state index contributed by atoms with van der Waals surface area (Å²) in [6, 6.07) is 4.15. The smallest absolute Gasteiger partial charge is 0.0536 e. The zero-order valence-electron chi connectivity index (χ0n) is 12.0. The molecule has 5 heteroatoms. The van der Waals surface area contributed by atoms with Crippen LogP contribution in [0.1, 0.15) is 36.4 Å². The number of aliphatic hydroxyl groups is 1. The Bertz CT molecular complexity index is 515. The Morgan fingerprint density at radius 2 is 2.24 bits per heavy atom. The van der Waals surface area contributed by atoms with Crippen molar-refractivity contribution in [2.75, 3.05) is 26.4 Å². The normalized spacial score (nSPS) is 28.0. The van der Waals surface area contributed by atoms with Gasteiger partial charge in [0.25, 0.3) is 0 Å². The second-order valence-corrected chi connectivity index (χ2v) is 7.05. The van der Waals surface area contributed by atoms with Gasteiger partial charge < -0.3 is 15.2 Å². The van der Waals surface area contributed by atoms with Gasteiger partial charge in [0.05, 0.1) is 6.61 Å². The van der Waals surface area contributed by atoms with E-state index in [1.54, 1.807) is 0 Å². The highest BCUT2D eigenvalue weighted by Gasteiger charge is 2.35. The average molecular weight is 330 g/mol. The predicted molar refractivity (Wildman–Crippen MR) is 85.1 cm³/mol. The zero-order valence-corrected chi connectivity index (χ0v) is 13.5. The number of hydrogen-bond acceptors (Lipinski definition) is 3. The predicted octanol–water partition coefficient (Wildman–Crippen LogP) is 3.36. The first-order valence-electron chi connectivity index (χ1n) is 7.53. The number of halogens is 2. The van der Waals surface area contributed by atoms with E-state index in [2.05, 4.69) is 5.32 Å². The monoisotopic (exact) mass is 329 g/mol. The largest absolute Gasteiger partial charge is 0.396 e. The van der Waals surface area contributed by atoms with Crippen molar-refractivity contribution in [3.8, 4) is 0 Å². The molecular formula is C16H21Cl2NO2. The lowest BCUT2D eigenvalue weighted by atomic mass is 9.83. The molecule has 2 aliphatic rings. The highest BCUT2D eigenvalue weighted by Crippen LogP contribution is 2.39. The summed E-state index contributed by atoms with van der Waals surface area (Å²) in [5.74, 6) is 0. The van der Waals surface area contributed by atoms with Crippen LogP contribution in [-0.2, 0) is 11.2 Å². The molecule has 0 aromatic heterocycles. The first kappa shape index (κ1) is 15.6. The van der Waals surface area contributed by atoms with E-state index in [-0.39, 0.29) is 12.0 Å². The number of benzene rings is 1. The van der Waals surface area contributed by atoms with Gasteiger partial charge in [0.15, 0.2) is 0 Å². The maximum absolute atomic E-state index is 9.30. The lowest BCUT2D eigenvalue weighted by Crippen LogP contribution is -2.37. The van der Waals surface area contributed by atoms with E-state index >= 15 is 0 Å². The summed E-state index contributed by atoms with van der Waals surface area (Å²) in [4.78, 5) is 0. The average Bonchev–Trinajstić information content (AvgIpc) is 3.04. The Balaban J connectivity index is 1.71. The molecule has 116 valence electrons. The molecule has 1 fully saturated rings. The molecule has 1 aliphatic heterocycles. The fourth-order valence-corrected chi connectivity index (χ4v) is 4.11. The van der Waals surface area contributed by atoms with Gasteiger partial charge in [-0.1, -0.05) is 23.2 Å². The first-order valence-corrected chi connectivity index (χ1v) is 8.29. The Kier molecular flexibility index (Phi) is 4.77. The molecule has 21 heavy (non-hydrogen) atoms. The van der Waals surface area contributed by atoms with Gasteiger partial charge in [-0.3, -0.25) is 0 Å². The summed E-state index contributed by atoms with van der Waals surface area (Å²) < 4.78 is 5.54.